The summed E-state index contributed by atoms with van der Waals surface area (Å²) in [6.45, 7) is 5.24. The molecule has 1 aliphatic rings. The van der Waals surface area contributed by atoms with Gasteiger partial charge in [0.25, 0.3) is 0 Å². The molecule has 0 radical (unpaired) electrons. The molecule has 0 saturated carbocycles. The minimum absolute atomic E-state index is 0.137. The third-order valence-corrected chi connectivity index (χ3v) is 5.25. The van der Waals surface area contributed by atoms with Crippen molar-refractivity contribution in [3.05, 3.63) is 34.9 Å². The Morgan fingerprint density at radius 2 is 2.12 bits per heavy atom. The van der Waals surface area contributed by atoms with E-state index in [0.29, 0.717) is 12.6 Å². The van der Waals surface area contributed by atoms with Gasteiger partial charge in [-0.05, 0) is 47.3 Å². The maximum atomic E-state index is 11.8. The number of anilines is 1. The second-order valence-corrected chi connectivity index (χ2v) is 7.39. The van der Waals surface area contributed by atoms with E-state index in [4.69, 9.17) is 0 Å². The number of para-hydroxylation sites is 1. The molecular weight excluding hydrogens is 380 g/mol. The zero-order chi connectivity index (χ0) is 17.6. The monoisotopic (exact) mass is 404 g/mol. The Hall–Kier alpha value is -1.66. The molecule has 0 bridgehead atoms. The largest absolute Gasteiger partial charge is 0.382 e. The number of carbonyl (C=O) groups excluding carboxylic acids is 1. The Kier molecular flexibility index (Phi) is 6.26. The van der Waals surface area contributed by atoms with Crippen molar-refractivity contribution in [2.24, 2.45) is 0 Å². The summed E-state index contributed by atoms with van der Waals surface area (Å²) in [4.78, 5) is 18.5. The van der Waals surface area contributed by atoms with Crippen LogP contribution in [-0.4, -0.2) is 48.0 Å². The van der Waals surface area contributed by atoms with E-state index < -0.39 is 0 Å². The molecule has 134 valence electrons. The van der Waals surface area contributed by atoms with Crippen molar-refractivity contribution in [2.75, 3.05) is 31.5 Å². The number of hydrogen-bond acceptors (Lipinski definition) is 4. The van der Waals surface area contributed by atoms with Crippen molar-refractivity contribution >= 4 is 38.4 Å². The van der Waals surface area contributed by atoms with Gasteiger partial charge in [-0.15, -0.1) is 0 Å². The van der Waals surface area contributed by atoms with Gasteiger partial charge in [-0.3, -0.25) is 14.7 Å². The number of hydrogen-bond donors (Lipinski definition) is 2. The summed E-state index contributed by atoms with van der Waals surface area (Å²) < 4.78 is 1.02. The van der Waals surface area contributed by atoms with E-state index in [1.807, 2.05) is 24.4 Å². The average Bonchev–Trinajstić information content (AvgIpc) is 2.62. The lowest BCUT2D eigenvalue weighted by molar-refractivity contribution is -0.122. The molecule has 0 atom stereocenters. The van der Waals surface area contributed by atoms with Crippen molar-refractivity contribution in [3.8, 4) is 0 Å². The molecule has 2 aromatic rings. The standard InChI is InChI=1S/C19H25BrN4O/c1-2-9-21-18(25)13-24-11-7-14(8-12-24)23-17-6-10-22-19-15(17)4-3-5-16(19)20/h3-6,10,14H,2,7-9,11-13H2,1H3,(H,21,25)(H,22,23). The first-order valence-electron chi connectivity index (χ1n) is 8.96. The Morgan fingerprint density at radius 1 is 1.32 bits per heavy atom. The maximum Gasteiger partial charge on any atom is 0.234 e. The van der Waals surface area contributed by atoms with Crippen LogP contribution in [0.4, 0.5) is 5.69 Å². The third kappa shape index (κ3) is 4.70. The number of piperidine rings is 1. The number of nitrogens with one attached hydrogen (secondary N) is 2. The molecule has 25 heavy (non-hydrogen) atoms. The average molecular weight is 405 g/mol. The highest BCUT2D eigenvalue weighted by molar-refractivity contribution is 9.10. The number of halogens is 1. The van der Waals surface area contributed by atoms with E-state index in [0.717, 1.165) is 60.0 Å². The minimum Gasteiger partial charge on any atom is -0.382 e. The molecule has 6 heteroatoms. The molecule has 1 amide bonds. The number of carbonyl (C=O) groups is 1. The normalized spacial score (nSPS) is 16.1. The van der Waals surface area contributed by atoms with Crippen LogP contribution in [0, 0.1) is 0 Å². The van der Waals surface area contributed by atoms with E-state index in [9.17, 15) is 4.79 Å². The topological polar surface area (TPSA) is 57.3 Å². The van der Waals surface area contributed by atoms with E-state index in [-0.39, 0.29) is 5.91 Å². The quantitative estimate of drug-likeness (QED) is 0.774. The van der Waals surface area contributed by atoms with Gasteiger partial charge in [0.05, 0.1) is 12.1 Å². The zero-order valence-corrected chi connectivity index (χ0v) is 16.2. The van der Waals surface area contributed by atoms with Crippen molar-refractivity contribution in [1.82, 2.24) is 15.2 Å². The van der Waals surface area contributed by atoms with Gasteiger partial charge in [-0.2, -0.15) is 0 Å². The number of rotatable bonds is 6. The summed E-state index contributed by atoms with van der Waals surface area (Å²) in [5.74, 6) is 0.137. The van der Waals surface area contributed by atoms with Gasteiger partial charge in [0.15, 0.2) is 0 Å². The lowest BCUT2D eigenvalue weighted by Gasteiger charge is -2.32. The van der Waals surface area contributed by atoms with Crippen LogP contribution in [0.15, 0.2) is 34.9 Å². The van der Waals surface area contributed by atoms with Gasteiger partial charge in [0, 0.05) is 47.4 Å². The molecular formula is C19H25BrN4O. The fraction of sp³-hybridized carbons (Fsp3) is 0.474. The second-order valence-electron chi connectivity index (χ2n) is 6.54. The Bertz CT molecular complexity index is 728. The van der Waals surface area contributed by atoms with Crippen molar-refractivity contribution in [3.63, 3.8) is 0 Å². The maximum absolute atomic E-state index is 11.8. The molecule has 1 aromatic heterocycles. The first-order valence-corrected chi connectivity index (χ1v) is 9.75. The molecule has 1 aliphatic heterocycles. The van der Waals surface area contributed by atoms with E-state index >= 15 is 0 Å². The number of benzene rings is 1. The highest BCUT2D eigenvalue weighted by Gasteiger charge is 2.21. The number of fused-ring (bicyclic) bond motifs is 1. The highest BCUT2D eigenvalue weighted by Crippen LogP contribution is 2.28. The predicted molar refractivity (Wildman–Crippen MR) is 106 cm³/mol. The third-order valence-electron chi connectivity index (χ3n) is 4.61. The number of pyridine rings is 1. The van der Waals surface area contributed by atoms with Crippen LogP contribution < -0.4 is 10.6 Å². The van der Waals surface area contributed by atoms with Crippen LogP contribution in [0.25, 0.3) is 10.9 Å². The van der Waals surface area contributed by atoms with Crippen LogP contribution in [0.2, 0.25) is 0 Å². The summed E-state index contributed by atoms with van der Waals surface area (Å²) in [6, 6.07) is 8.62. The Morgan fingerprint density at radius 3 is 2.88 bits per heavy atom. The summed E-state index contributed by atoms with van der Waals surface area (Å²) in [5, 5.41) is 7.76. The lowest BCUT2D eigenvalue weighted by atomic mass is 10.0. The zero-order valence-electron chi connectivity index (χ0n) is 14.6. The van der Waals surface area contributed by atoms with Crippen molar-refractivity contribution < 1.29 is 4.79 Å². The molecule has 0 aliphatic carbocycles. The fourth-order valence-corrected chi connectivity index (χ4v) is 3.71. The van der Waals surface area contributed by atoms with Crippen molar-refractivity contribution in [2.45, 2.75) is 32.2 Å². The van der Waals surface area contributed by atoms with Crippen LogP contribution in [0.1, 0.15) is 26.2 Å². The summed E-state index contributed by atoms with van der Waals surface area (Å²) >= 11 is 3.57. The van der Waals surface area contributed by atoms with Crippen LogP contribution in [0.5, 0.6) is 0 Å². The van der Waals surface area contributed by atoms with E-state index in [1.165, 1.54) is 0 Å². The van der Waals surface area contributed by atoms with E-state index in [2.05, 4.69) is 49.4 Å². The number of nitrogens with zero attached hydrogens (tertiary/aromatic N) is 2. The molecule has 0 unspecified atom stereocenters. The molecule has 5 nitrogen and oxygen atoms in total. The van der Waals surface area contributed by atoms with Gasteiger partial charge in [-0.25, -0.2) is 0 Å². The molecule has 0 spiro atoms. The number of aromatic nitrogens is 1. The van der Waals surface area contributed by atoms with Gasteiger partial charge < -0.3 is 10.6 Å². The molecule has 1 aromatic carbocycles. The summed E-state index contributed by atoms with van der Waals surface area (Å²) in [5.41, 5.74) is 2.11. The molecule has 2 N–H and O–H groups in total. The van der Waals surface area contributed by atoms with Gasteiger partial charge in [-0.1, -0.05) is 19.1 Å². The van der Waals surface area contributed by atoms with Gasteiger partial charge in [0.2, 0.25) is 5.91 Å². The number of amides is 1. The SMILES string of the molecule is CCCNC(=O)CN1CCC(Nc2ccnc3c(Br)cccc23)CC1. The summed E-state index contributed by atoms with van der Waals surface area (Å²) in [6.07, 6.45) is 4.91. The van der Waals surface area contributed by atoms with Gasteiger partial charge >= 0.3 is 0 Å². The lowest BCUT2D eigenvalue weighted by Crippen LogP contribution is -2.44. The van der Waals surface area contributed by atoms with Crippen LogP contribution >= 0.6 is 15.9 Å². The fourth-order valence-electron chi connectivity index (χ4n) is 3.24. The molecule has 1 fully saturated rings. The summed E-state index contributed by atoms with van der Waals surface area (Å²) in [7, 11) is 0. The molecule has 2 heterocycles. The van der Waals surface area contributed by atoms with Crippen molar-refractivity contribution in [1.29, 1.82) is 0 Å². The van der Waals surface area contributed by atoms with Crippen LogP contribution in [-0.2, 0) is 4.79 Å². The molecule has 1 saturated heterocycles. The Balaban J connectivity index is 1.56. The van der Waals surface area contributed by atoms with E-state index in [1.54, 1.807) is 0 Å². The minimum atomic E-state index is 0.137. The second kappa shape index (κ2) is 8.63. The molecule has 3 rings (SSSR count). The van der Waals surface area contributed by atoms with Crippen LogP contribution in [0.3, 0.4) is 0 Å². The van der Waals surface area contributed by atoms with Gasteiger partial charge in [0.1, 0.15) is 0 Å². The highest BCUT2D eigenvalue weighted by atomic mass is 79.9. The first kappa shape index (κ1) is 18.1. The Labute approximate surface area is 157 Å². The first-order chi connectivity index (χ1) is 12.2. The predicted octanol–water partition coefficient (Wildman–Crippen LogP) is 3.40. The smallest absolute Gasteiger partial charge is 0.234 e. The number of likely N-dealkylation sites (tertiary alicyclic amines) is 1.